The summed E-state index contributed by atoms with van der Waals surface area (Å²) in [6.07, 6.45) is 3.07. The highest BCUT2D eigenvalue weighted by atomic mass is 32.2. The lowest BCUT2D eigenvalue weighted by atomic mass is 9.81. The van der Waals surface area contributed by atoms with E-state index in [-0.39, 0.29) is 17.7 Å². The van der Waals surface area contributed by atoms with Crippen LogP contribution in [0, 0.1) is 11.8 Å². The Labute approximate surface area is 188 Å². The fraction of sp³-hybridized carbons (Fsp3) is 0.500. The Hall–Kier alpha value is -2.10. The number of thiophene rings is 1. The second-order valence-electron chi connectivity index (χ2n) is 7.51. The van der Waals surface area contributed by atoms with Crippen LogP contribution in [0.1, 0.15) is 39.5 Å². The number of anilines is 1. The molecule has 1 saturated carbocycles. The molecule has 1 aromatic carbocycles. The van der Waals surface area contributed by atoms with Gasteiger partial charge in [-0.1, -0.05) is 6.07 Å². The van der Waals surface area contributed by atoms with Crippen LogP contribution in [0.2, 0.25) is 0 Å². The maximum atomic E-state index is 12.9. The third-order valence-corrected chi connectivity index (χ3v) is 8.18. The molecule has 170 valence electrons. The third kappa shape index (κ3) is 6.44. The zero-order valence-corrected chi connectivity index (χ0v) is 19.6. The quantitative estimate of drug-likeness (QED) is 0.545. The maximum Gasteiger partial charge on any atom is 0.250 e. The van der Waals surface area contributed by atoms with E-state index in [4.69, 9.17) is 9.47 Å². The molecule has 1 amide bonds. The predicted molar refractivity (Wildman–Crippen MR) is 122 cm³/mol. The molecule has 0 radical (unpaired) electrons. The van der Waals surface area contributed by atoms with E-state index in [2.05, 4.69) is 10.0 Å². The maximum absolute atomic E-state index is 12.9. The molecular weight excluding hydrogens is 436 g/mol. The van der Waals surface area contributed by atoms with Crippen LogP contribution >= 0.6 is 11.3 Å². The predicted octanol–water partition coefficient (Wildman–Crippen LogP) is 4.27. The molecule has 9 heteroatoms. The van der Waals surface area contributed by atoms with Gasteiger partial charge in [-0.15, -0.1) is 11.3 Å². The molecule has 0 unspecified atom stereocenters. The third-order valence-electron chi connectivity index (χ3n) is 5.36. The Kier molecular flexibility index (Phi) is 8.34. The van der Waals surface area contributed by atoms with Crippen LogP contribution in [0.3, 0.4) is 0 Å². The molecule has 7 nitrogen and oxygen atoms in total. The lowest BCUT2D eigenvalue weighted by Crippen LogP contribution is -2.33. The van der Waals surface area contributed by atoms with E-state index >= 15 is 0 Å². The summed E-state index contributed by atoms with van der Waals surface area (Å²) in [6.45, 7) is 5.26. The van der Waals surface area contributed by atoms with Gasteiger partial charge in [0.15, 0.2) is 0 Å². The average Bonchev–Trinajstić information content (AvgIpc) is 3.31. The molecule has 1 aliphatic carbocycles. The van der Waals surface area contributed by atoms with Gasteiger partial charge in [-0.2, -0.15) is 0 Å². The molecule has 2 aromatic rings. The smallest absolute Gasteiger partial charge is 0.250 e. The number of ether oxygens (including phenoxy) is 2. The fourth-order valence-corrected chi connectivity index (χ4v) is 5.88. The monoisotopic (exact) mass is 466 g/mol. The second-order valence-corrected chi connectivity index (χ2v) is 10.5. The van der Waals surface area contributed by atoms with Gasteiger partial charge >= 0.3 is 0 Å². The Morgan fingerprint density at radius 3 is 2.48 bits per heavy atom. The van der Waals surface area contributed by atoms with E-state index in [9.17, 15) is 13.2 Å². The minimum atomic E-state index is -3.44. The van der Waals surface area contributed by atoms with E-state index in [1.807, 2.05) is 19.9 Å². The first kappa shape index (κ1) is 23.6. The lowest BCUT2D eigenvalue weighted by Gasteiger charge is -2.28. The first-order valence-electron chi connectivity index (χ1n) is 10.7. The van der Waals surface area contributed by atoms with Gasteiger partial charge in [-0.05, 0) is 69.0 Å². The zero-order chi connectivity index (χ0) is 22.3. The van der Waals surface area contributed by atoms with E-state index < -0.39 is 10.0 Å². The van der Waals surface area contributed by atoms with Crippen LogP contribution < -0.4 is 19.5 Å². The molecule has 1 fully saturated rings. The molecule has 1 aromatic heterocycles. The zero-order valence-electron chi connectivity index (χ0n) is 17.9. The van der Waals surface area contributed by atoms with Gasteiger partial charge in [0.2, 0.25) is 15.9 Å². The number of sulfonamides is 1. The molecule has 31 heavy (non-hydrogen) atoms. The van der Waals surface area contributed by atoms with Crippen molar-refractivity contribution < 1.29 is 22.7 Å². The largest absolute Gasteiger partial charge is 0.494 e. The minimum absolute atomic E-state index is 0.0350. The van der Waals surface area contributed by atoms with Gasteiger partial charge in [-0.3, -0.25) is 4.79 Å². The van der Waals surface area contributed by atoms with Crippen LogP contribution in [0.25, 0.3) is 0 Å². The van der Waals surface area contributed by atoms with Gasteiger partial charge in [0.05, 0.1) is 18.9 Å². The summed E-state index contributed by atoms with van der Waals surface area (Å²) in [6, 6.07) is 8.75. The van der Waals surface area contributed by atoms with Crippen molar-refractivity contribution in [2.24, 2.45) is 11.8 Å². The van der Waals surface area contributed by atoms with Gasteiger partial charge in [0.25, 0.3) is 0 Å². The average molecular weight is 467 g/mol. The van der Waals surface area contributed by atoms with E-state index in [0.717, 1.165) is 25.7 Å². The molecule has 0 spiro atoms. The summed E-state index contributed by atoms with van der Waals surface area (Å²) in [5.41, 5.74) is 0.614. The lowest BCUT2D eigenvalue weighted by molar-refractivity contribution is -0.121. The van der Waals surface area contributed by atoms with Crippen LogP contribution in [0.4, 0.5) is 5.69 Å². The van der Waals surface area contributed by atoms with Gasteiger partial charge in [0.1, 0.15) is 15.7 Å². The Bertz CT molecular complexity index is 952. The summed E-state index contributed by atoms with van der Waals surface area (Å²) in [5.74, 6) is 1.40. The second kappa shape index (κ2) is 11.0. The Morgan fingerprint density at radius 1 is 1.10 bits per heavy atom. The summed E-state index contributed by atoms with van der Waals surface area (Å²) in [4.78, 5) is 12.9. The van der Waals surface area contributed by atoms with Crippen molar-refractivity contribution in [2.45, 2.75) is 43.7 Å². The van der Waals surface area contributed by atoms with Crippen molar-refractivity contribution in [3.8, 4) is 11.5 Å². The van der Waals surface area contributed by atoms with Gasteiger partial charge in [0, 0.05) is 18.5 Å². The minimum Gasteiger partial charge on any atom is -0.494 e. The summed E-state index contributed by atoms with van der Waals surface area (Å²) < 4.78 is 38.8. The number of nitrogens with one attached hydrogen (secondary N) is 2. The van der Waals surface area contributed by atoms with Crippen molar-refractivity contribution in [1.82, 2.24) is 4.72 Å². The van der Waals surface area contributed by atoms with Crippen molar-refractivity contribution in [3.05, 3.63) is 35.7 Å². The van der Waals surface area contributed by atoms with Crippen LogP contribution in [-0.4, -0.2) is 34.1 Å². The number of carbonyl (C=O) groups excluding carboxylic acids is 1. The standard InChI is InChI=1S/C22H30N2O5S2/c1-3-28-18-11-12-20(29-4-2)19(14-18)24-22(25)17-9-7-16(8-10-17)15-23-31(26,27)21-6-5-13-30-21/h5-6,11-14,16-17,23H,3-4,7-10,15H2,1-2H3,(H,24,25). The van der Waals surface area contributed by atoms with Crippen molar-refractivity contribution in [1.29, 1.82) is 0 Å². The summed E-state index contributed by atoms with van der Waals surface area (Å²) in [7, 11) is -3.44. The molecule has 3 rings (SSSR count). The van der Waals surface area contributed by atoms with Gasteiger partial charge in [-0.25, -0.2) is 13.1 Å². The van der Waals surface area contributed by atoms with E-state index in [0.29, 0.717) is 41.2 Å². The van der Waals surface area contributed by atoms with Crippen LogP contribution in [0.15, 0.2) is 39.9 Å². The molecule has 1 aliphatic rings. The van der Waals surface area contributed by atoms with E-state index in [1.54, 1.807) is 29.6 Å². The molecule has 0 aliphatic heterocycles. The summed E-state index contributed by atoms with van der Waals surface area (Å²) in [5, 5.41) is 4.75. The number of carbonyl (C=O) groups is 1. The SMILES string of the molecule is CCOc1ccc(OCC)c(NC(=O)C2CCC(CNS(=O)(=O)c3cccs3)CC2)c1. The topological polar surface area (TPSA) is 93.7 Å². The molecular formula is C22H30N2O5S2. The van der Waals surface area contributed by atoms with Crippen LogP contribution in [-0.2, 0) is 14.8 Å². The van der Waals surface area contributed by atoms with Crippen LogP contribution in [0.5, 0.6) is 11.5 Å². The van der Waals surface area contributed by atoms with Crippen molar-refractivity contribution in [3.63, 3.8) is 0 Å². The highest BCUT2D eigenvalue weighted by Crippen LogP contribution is 2.33. The number of rotatable bonds is 10. The molecule has 0 bridgehead atoms. The highest BCUT2D eigenvalue weighted by molar-refractivity contribution is 7.91. The normalized spacial score (nSPS) is 19.0. The summed E-state index contributed by atoms with van der Waals surface area (Å²) >= 11 is 1.21. The highest BCUT2D eigenvalue weighted by Gasteiger charge is 2.28. The molecule has 2 N–H and O–H groups in total. The molecule has 0 saturated heterocycles. The number of benzene rings is 1. The molecule has 1 heterocycles. The van der Waals surface area contributed by atoms with E-state index in [1.165, 1.54) is 11.3 Å². The van der Waals surface area contributed by atoms with Gasteiger partial charge < -0.3 is 14.8 Å². The molecule has 0 atom stereocenters. The number of amides is 1. The van der Waals surface area contributed by atoms with Crippen molar-refractivity contribution in [2.75, 3.05) is 25.1 Å². The first-order chi connectivity index (χ1) is 14.9. The Morgan fingerprint density at radius 2 is 1.84 bits per heavy atom. The fourth-order valence-electron chi connectivity index (χ4n) is 3.72. The Balaban J connectivity index is 1.53. The number of hydrogen-bond donors (Lipinski definition) is 2. The number of hydrogen-bond acceptors (Lipinski definition) is 6. The van der Waals surface area contributed by atoms with Crippen molar-refractivity contribution >= 4 is 33.0 Å². The first-order valence-corrected chi connectivity index (χ1v) is 13.0.